The van der Waals surface area contributed by atoms with Crippen LogP contribution in [-0.2, 0) is 0 Å². The van der Waals surface area contributed by atoms with E-state index in [9.17, 15) is 0 Å². The highest BCUT2D eigenvalue weighted by molar-refractivity contribution is 5.50. The number of nitrogens with one attached hydrogen (secondary N) is 1. The van der Waals surface area contributed by atoms with Crippen LogP contribution in [0.25, 0.3) is 0 Å². The first-order valence-corrected chi connectivity index (χ1v) is 7.32. The second kappa shape index (κ2) is 6.37. The summed E-state index contributed by atoms with van der Waals surface area (Å²) in [7, 11) is 1.68. The van der Waals surface area contributed by atoms with Crippen LogP contribution in [0.2, 0.25) is 0 Å². The quantitative estimate of drug-likeness (QED) is 0.843. The molecule has 0 aliphatic heterocycles. The molecule has 0 aromatic heterocycles. The van der Waals surface area contributed by atoms with Gasteiger partial charge in [0.25, 0.3) is 0 Å². The fraction of sp³-hybridized carbons (Fsp3) is 0.263. The lowest BCUT2D eigenvalue weighted by Gasteiger charge is -2.15. The van der Waals surface area contributed by atoms with Gasteiger partial charge in [-0.1, -0.05) is 42.2 Å². The van der Waals surface area contributed by atoms with Crippen molar-refractivity contribution in [2.45, 2.75) is 18.9 Å². The monoisotopic (exact) mass is 277 g/mol. The van der Waals surface area contributed by atoms with E-state index >= 15 is 0 Å². The van der Waals surface area contributed by atoms with Gasteiger partial charge in [0.05, 0.1) is 7.11 Å². The predicted molar refractivity (Wildman–Crippen MR) is 86.3 cm³/mol. The second-order valence-corrected chi connectivity index (χ2v) is 5.28. The summed E-state index contributed by atoms with van der Waals surface area (Å²) in [5.74, 6) is 8.21. The molecule has 0 amide bonds. The Morgan fingerprint density at radius 1 is 1.05 bits per heavy atom. The highest BCUT2D eigenvalue weighted by Gasteiger charge is 2.18. The molecule has 0 bridgehead atoms. The van der Waals surface area contributed by atoms with Crippen LogP contribution in [0.3, 0.4) is 0 Å². The zero-order valence-corrected chi connectivity index (χ0v) is 12.2. The number of hydrogen-bond acceptors (Lipinski definition) is 2. The van der Waals surface area contributed by atoms with Crippen molar-refractivity contribution in [3.8, 4) is 17.6 Å². The first-order chi connectivity index (χ1) is 10.3. The summed E-state index contributed by atoms with van der Waals surface area (Å²) in [6, 6.07) is 18.3. The zero-order chi connectivity index (χ0) is 14.5. The van der Waals surface area contributed by atoms with Crippen molar-refractivity contribution in [2.24, 2.45) is 5.92 Å². The maximum atomic E-state index is 5.19. The fourth-order valence-corrected chi connectivity index (χ4v) is 2.13. The van der Waals surface area contributed by atoms with Crippen LogP contribution in [-0.4, -0.2) is 7.11 Å². The largest absolute Gasteiger partial charge is 0.497 e. The molecule has 1 aliphatic rings. The summed E-state index contributed by atoms with van der Waals surface area (Å²) in [6.45, 7) is 0. The summed E-state index contributed by atoms with van der Waals surface area (Å²) in [5.41, 5.74) is 2.25. The maximum Gasteiger partial charge on any atom is 0.119 e. The molecule has 2 aromatic rings. The van der Waals surface area contributed by atoms with Gasteiger partial charge in [-0.2, -0.15) is 0 Å². The van der Waals surface area contributed by atoms with E-state index in [4.69, 9.17) is 4.74 Å². The van der Waals surface area contributed by atoms with Crippen LogP contribution >= 0.6 is 0 Å². The maximum absolute atomic E-state index is 5.19. The van der Waals surface area contributed by atoms with E-state index < -0.39 is 0 Å². The molecule has 0 spiro atoms. The number of benzene rings is 2. The molecule has 21 heavy (non-hydrogen) atoms. The molecule has 0 radical (unpaired) electrons. The van der Waals surface area contributed by atoms with Crippen LogP contribution in [0.1, 0.15) is 24.4 Å². The van der Waals surface area contributed by atoms with Crippen molar-refractivity contribution < 1.29 is 4.74 Å². The molecular formula is C19H19NO. The van der Waals surface area contributed by atoms with Gasteiger partial charge < -0.3 is 10.1 Å². The number of ether oxygens (including phenoxy) is 1. The first kappa shape index (κ1) is 13.6. The van der Waals surface area contributed by atoms with Crippen LogP contribution in [0.15, 0.2) is 54.6 Å². The minimum atomic E-state index is 0.0280. The molecule has 0 heterocycles. The average Bonchev–Trinajstić information content (AvgIpc) is 3.37. The van der Waals surface area contributed by atoms with Crippen LogP contribution in [0, 0.1) is 17.8 Å². The number of methoxy groups -OCH3 is 1. The molecule has 106 valence electrons. The van der Waals surface area contributed by atoms with Crippen molar-refractivity contribution in [1.82, 2.24) is 0 Å². The number of rotatable bonds is 4. The van der Waals surface area contributed by atoms with E-state index in [1.54, 1.807) is 7.11 Å². The van der Waals surface area contributed by atoms with Gasteiger partial charge in [-0.3, -0.25) is 0 Å². The van der Waals surface area contributed by atoms with Gasteiger partial charge in [0, 0.05) is 11.6 Å². The lowest BCUT2D eigenvalue weighted by Crippen LogP contribution is -2.08. The molecule has 1 saturated carbocycles. The Bertz CT molecular complexity index is 633. The van der Waals surface area contributed by atoms with Gasteiger partial charge in [0.1, 0.15) is 11.8 Å². The SMILES string of the molecule is COc1ccc(N[C@@H](C#CC2CC2)c2ccccc2)cc1. The molecule has 2 heteroatoms. The average molecular weight is 277 g/mol. The van der Waals surface area contributed by atoms with Crippen molar-refractivity contribution in [1.29, 1.82) is 0 Å². The summed E-state index contributed by atoms with van der Waals surface area (Å²) in [5, 5.41) is 3.50. The van der Waals surface area contributed by atoms with E-state index in [0.29, 0.717) is 5.92 Å². The minimum absolute atomic E-state index is 0.0280. The van der Waals surface area contributed by atoms with Crippen LogP contribution in [0.4, 0.5) is 5.69 Å². The number of anilines is 1. The van der Waals surface area contributed by atoms with Gasteiger partial charge >= 0.3 is 0 Å². The topological polar surface area (TPSA) is 21.3 Å². The summed E-state index contributed by atoms with van der Waals surface area (Å²) in [4.78, 5) is 0. The van der Waals surface area contributed by atoms with E-state index in [1.165, 1.54) is 18.4 Å². The fourth-order valence-electron chi connectivity index (χ4n) is 2.13. The number of hydrogen-bond donors (Lipinski definition) is 1. The summed E-state index contributed by atoms with van der Waals surface area (Å²) in [6.07, 6.45) is 2.49. The third kappa shape index (κ3) is 3.79. The summed E-state index contributed by atoms with van der Waals surface area (Å²) >= 11 is 0. The third-order valence-corrected chi connectivity index (χ3v) is 3.54. The lowest BCUT2D eigenvalue weighted by atomic mass is 10.1. The Morgan fingerprint density at radius 3 is 2.38 bits per heavy atom. The Kier molecular flexibility index (Phi) is 4.12. The minimum Gasteiger partial charge on any atom is -0.497 e. The standard InChI is InChI=1S/C19H19NO/c1-21-18-12-10-17(11-13-18)20-19(14-9-15-7-8-15)16-5-3-2-4-6-16/h2-6,10-13,15,19-20H,7-8H2,1H3/t19-/m0/s1. The molecule has 0 unspecified atom stereocenters. The Labute approximate surface area is 126 Å². The van der Waals surface area contributed by atoms with Gasteiger partial charge in [0.2, 0.25) is 0 Å². The van der Waals surface area contributed by atoms with Gasteiger partial charge in [-0.05, 0) is 42.7 Å². The molecule has 1 aliphatic carbocycles. The lowest BCUT2D eigenvalue weighted by molar-refractivity contribution is 0.415. The smallest absolute Gasteiger partial charge is 0.119 e. The van der Waals surface area contributed by atoms with Gasteiger partial charge in [0.15, 0.2) is 0 Å². The molecular weight excluding hydrogens is 258 g/mol. The van der Waals surface area contributed by atoms with Crippen molar-refractivity contribution in [3.05, 3.63) is 60.2 Å². The molecule has 2 nitrogen and oxygen atoms in total. The Balaban J connectivity index is 1.79. The first-order valence-electron chi connectivity index (χ1n) is 7.32. The molecule has 2 aromatic carbocycles. The molecule has 1 atom stereocenters. The third-order valence-electron chi connectivity index (χ3n) is 3.54. The Hall–Kier alpha value is -2.40. The predicted octanol–water partition coefficient (Wildman–Crippen LogP) is 4.26. The van der Waals surface area contributed by atoms with Gasteiger partial charge in [-0.25, -0.2) is 0 Å². The molecule has 3 rings (SSSR count). The van der Waals surface area contributed by atoms with Crippen molar-refractivity contribution in [2.75, 3.05) is 12.4 Å². The zero-order valence-electron chi connectivity index (χ0n) is 12.2. The molecule has 1 N–H and O–H groups in total. The highest BCUT2D eigenvalue weighted by Crippen LogP contribution is 2.28. The van der Waals surface area contributed by atoms with E-state index in [0.717, 1.165) is 11.4 Å². The van der Waals surface area contributed by atoms with Gasteiger partial charge in [-0.15, -0.1) is 0 Å². The van der Waals surface area contributed by atoms with Crippen molar-refractivity contribution in [3.63, 3.8) is 0 Å². The normalized spacial score (nSPS) is 14.7. The summed E-state index contributed by atoms with van der Waals surface area (Å²) < 4.78 is 5.19. The highest BCUT2D eigenvalue weighted by atomic mass is 16.5. The van der Waals surface area contributed by atoms with E-state index in [-0.39, 0.29) is 6.04 Å². The Morgan fingerprint density at radius 2 is 1.76 bits per heavy atom. The van der Waals surface area contributed by atoms with Crippen LogP contribution in [0.5, 0.6) is 5.75 Å². The molecule has 0 saturated heterocycles. The second-order valence-electron chi connectivity index (χ2n) is 5.28. The van der Waals surface area contributed by atoms with E-state index in [2.05, 4.69) is 41.4 Å². The van der Waals surface area contributed by atoms with E-state index in [1.807, 2.05) is 30.3 Å². The van der Waals surface area contributed by atoms with Crippen molar-refractivity contribution >= 4 is 5.69 Å². The van der Waals surface area contributed by atoms with Crippen LogP contribution < -0.4 is 10.1 Å². The molecule has 1 fully saturated rings.